The summed E-state index contributed by atoms with van der Waals surface area (Å²) in [6, 6.07) is 5.77. The lowest BCUT2D eigenvalue weighted by molar-refractivity contribution is 0.407. The molecule has 1 saturated carbocycles. The number of halogens is 1. The Morgan fingerprint density at radius 2 is 2.24 bits per heavy atom. The maximum absolute atomic E-state index is 6.16. The summed E-state index contributed by atoms with van der Waals surface area (Å²) in [5.74, 6) is 1.89. The van der Waals surface area contributed by atoms with Crippen LogP contribution in [-0.2, 0) is 6.54 Å². The molecule has 0 aromatic heterocycles. The van der Waals surface area contributed by atoms with E-state index in [1.165, 1.54) is 25.7 Å². The highest BCUT2D eigenvalue weighted by Gasteiger charge is 2.19. The largest absolute Gasteiger partial charge is 0.496 e. The van der Waals surface area contributed by atoms with E-state index in [-0.39, 0.29) is 0 Å². The summed E-state index contributed by atoms with van der Waals surface area (Å²) in [4.78, 5) is 0. The van der Waals surface area contributed by atoms with Crippen LogP contribution in [0.2, 0.25) is 5.02 Å². The summed E-state index contributed by atoms with van der Waals surface area (Å²) in [7, 11) is 1.68. The number of benzene rings is 1. The molecular formula is C14H20ClNO. The number of hydrogen-bond donors (Lipinski definition) is 1. The van der Waals surface area contributed by atoms with Crippen molar-refractivity contribution in [3.8, 4) is 5.75 Å². The van der Waals surface area contributed by atoms with Crippen molar-refractivity contribution in [2.75, 3.05) is 13.7 Å². The van der Waals surface area contributed by atoms with Gasteiger partial charge in [-0.2, -0.15) is 0 Å². The standard InChI is InChI=1S/C14H20ClNO/c1-17-14-6-2-5-13(15)12(14)10-16-9-3-4-11-7-8-11/h2,5-6,11,16H,3-4,7-10H2,1H3. The van der Waals surface area contributed by atoms with E-state index in [2.05, 4.69) is 5.32 Å². The first-order valence-electron chi connectivity index (χ1n) is 6.33. The number of rotatable bonds is 7. The zero-order valence-corrected chi connectivity index (χ0v) is 11.1. The molecule has 1 aromatic carbocycles. The van der Waals surface area contributed by atoms with Crippen LogP contribution in [0.5, 0.6) is 5.75 Å². The molecule has 94 valence electrons. The molecule has 1 N–H and O–H groups in total. The van der Waals surface area contributed by atoms with Gasteiger partial charge in [-0.05, 0) is 37.4 Å². The first kappa shape index (κ1) is 12.7. The van der Waals surface area contributed by atoms with Crippen molar-refractivity contribution in [3.05, 3.63) is 28.8 Å². The van der Waals surface area contributed by atoms with Crippen LogP contribution in [0.3, 0.4) is 0 Å². The van der Waals surface area contributed by atoms with Crippen molar-refractivity contribution < 1.29 is 4.74 Å². The van der Waals surface area contributed by atoms with Gasteiger partial charge in [0, 0.05) is 17.1 Å². The van der Waals surface area contributed by atoms with Crippen LogP contribution in [0.4, 0.5) is 0 Å². The minimum Gasteiger partial charge on any atom is -0.496 e. The Bertz CT molecular complexity index is 363. The van der Waals surface area contributed by atoms with Gasteiger partial charge >= 0.3 is 0 Å². The molecule has 2 nitrogen and oxygen atoms in total. The fourth-order valence-electron chi connectivity index (χ4n) is 2.04. The molecule has 2 rings (SSSR count). The highest BCUT2D eigenvalue weighted by Crippen LogP contribution is 2.33. The lowest BCUT2D eigenvalue weighted by Gasteiger charge is -2.11. The normalized spacial score (nSPS) is 14.9. The number of methoxy groups -OCH3 is 1. The summed E-state index contributed by atoms with van der Waals surface area (Å²) in [5, 5.41) is 4.21. The Morgan fingerprint density at radius 1 is 1.41 bits per heavy atom. The maximum Gasteiger partial charge on any atom is 0.124 e. The molecule has 0 radical (unpaired) electrons. The van der Waals surface area contributed by atoms with Gasteiger partial charge in [-0.1, -0.05) is 30.5 Å². The van der Waals surface area contributed by atoms with Crippen molar-refractivity contribution in [1.29, 1.82) is 0 Å². The number of nitrogens with one attached hydrogen (secondary N) is 1. The molecule has 1 fully saturated rings. The van der Waals surface area contributed by atoms with Crippen LogP contribution in [-0.4, -0.2) is 13.7 Å². The van der Waals surface area contributed by atoms with Crippen LogP contribution in [0.15, 0.2) is 18.2 Å². The van der Waals surface area contributed by atoms with Crippen molar-refractivity contribution in [2.24, 2.45) is 5.92 Å². The maximum atomic E-state index is 6.16. The average molecular weight is 254 g/mol. The Labute approximate surface area is 108 Å². The average Bonchev–Trinajstić information content (AvgIpc) is 3.14. The molecule has 0 spiro atoms. The monoisotopic (exact) mass is 253 g/mol. The van der Waals surface area contributed by atoms with Crippen molar-refractivity contribution in [3.63, 3.8) is 0 Å². The topological polar surface area (TPSA) is 21.3 Å². The highest BCUT2D eigenvalue weighted by atomic mass is 35.5. The Morgan fingerprint density at radius 3 is 2.94 bits per heavy atom. The van der Waals surface area contributed by atoms with Crippen LogP contribution in [0.1, 0.15) is 31.2 Å². The zero-order valence-electron chi connectivity index (χ0n) is 10.3. The van der Waals surface area contributed by atoms with Crippen molar-refractivity contribution in [2.45, 2.75) is 32.2 Å². The second kappa shape index (κ2) is 6.27. The molecule has 0 saturated heterocycles. The summed E-state index contributed by atoms with van der Waals surface area (Å²) >= 11 is 6.16. The molecule has 0 unspecified atom stereocenters. The Balaban J connectivity index is 1.76. The summed E-state index contributed by atoms with van der Waals surface area (Å²) in [6.45, 7) is 1.85. The summed E-state index contributed by atoms with van der Waals surface area (Å²) in [5.41, 5.74) is 1.06. The van der Waals surface area contributed by atoms with Gasteiger partial charge in [0.2, 0.25) is 0 Å². The number of ether oxygens (including phenoxy) is 1. The minimum absolute atomic E-state index is 0.777. The molecule has 0 atom stereocenters. The molecule has 0 heterocycles. The summed E-state index contributed by atoms with van der Waals surface area (Å²) in [6.07, 6.45) is 5.51. The van der Waals surface area contributed by atoms with E-state index < -0.39 is 0 Å². The smallest absolute Gasteiger partial charge is 0.124 e. The number of hydrogen-bond acceptors (Lipinski definition) is 2. The van der Waals surface area contributed by atoms with E-state index in [1.54, 1.807) is 7.11 Å². The lowest BCUT2D eigenvalue weighted by Crippen LogP contribution is -2.15. The van der Waals surface area contributed by atoms with Gasteiger partial charge < -0.3 is 10.1 Å². The second-order valence-corrected chi connectivity index (χ2v) is 5.09. The highest BCUT2D eigenvalue weighted by molar-refractivity contribution is 6.31. The molecule has 0 aliphatic heterocycles. The predicted molar refractivity (Wildman–Crippen MR) is 71.7 cm³/mol. The predicted octanol–water partition coefficient (Wildman–Crippen LogP) is 3.63. The van der Waals surface area contributed by atoms with E-state index in [9.17, 15) is 0 Å². The molecular weight excluding hydrogens is 234 g/mol. The van der Waals surface area contributed by atoms with E-state index in [0.717, 1.165) is 35.3 Å². The van der Waals surface area contributed by atoms with Gasteiger partial charge in [-0.25, -0.2) is 0 Å². The first-order chi connectivity index (χ1) is 8.31. The van der Waals surface area contributed by atoms with Gasteiger partial charge in [0.05, 0.1) is 7.11 Å². The first-order valence-corrected chi connectivity index (χ1v) is 6.71. The van der Waals surface area contributed by atoms with Crippen LogP contribution >= 0.6 is 11.6 Å². The Kier molecular flexibility index (Phi) is 4.69. The third-order valence-corrected chi connectivity index (χ3v) is 3.61. The van der Waals surface area contributed by atoms with Gasteiger partial charge in [-0.15, -0.1) is 0 Å². The van der Waals surface area contributed by atoms with Crippen LogP contribution in [0, 0.1) is 5.92 Å². The van der Waals surface area contributed by atoms with E-state index in [1.807, 2.05) is 18.2 Å². The van der Waals surface area contributed by atoms with Crippen LogP contribution < -0.4 is 10.1 Å². The molecule has 0 bridgehead atoms. The summed E-state index contributed by atoms with van der Waals surface area (Å²) < 4.78 is 5.31. The van der Waals surface area contributed by atoms with Gasteiger partial charge in [-0.3, -0.25) is 0 Å². The quantitative estimate of drug-likeness (QED) is 0.750. The molecule has 1 aliphatic rings. The van der Waals surface area contributed by atoms with Crippen molar-refractivity contribution >= 4 is 11.6 Å². The fourth-order valence-corrected chi connectivity index (χ4v) is 2.27. The van der Waals surface area contributed by atoms with E-state index >= 15 is 0 Å². The van der Waals surface area contributed by atoms with Gasteiger partial charge in [0.1, 0.15) is 5.75 Å². The minimum atomic E-state index is 0.777. The Hall–Kier alpha value is -0.730. The molecule has 1 aliphatic carbocycles. The third kappa shape index (κ3) is 3.90. The SMILES string of the molecule is COc1cccc(Cl)c1CNCCCC1CC1. The molecule has 1 aromatic rings. The lowest BCUT2D eigenvalue weighted by atomic mass is 10.2. The zero-order chi connectivity index (χ0) is 12.1. The molecule has 17 heavy (non-hydrogen) atoms. The van der Waals surface area contributed by atoms with Crippen molar-refractivity contribution in [1.82, 2.24) is 5.32 Å². The fraction of sp³-hybridized carbons (Fsp3) is 0.571. The van der Waals surface area contributed by atoms with Gasteiger partial charge in [0.25, 0.3) is 0 Å². The second-order valence-electron chi connectivity index (χ2n) is 4.68. The molecule has 0 amide bonds. The van der Waals surface area contributed by atoms with E-state index in [0.29, 0.717) is 0 Å². The van der Waals surface area contributed by atoms with Gasteiger partial charge in [0.15, 0.2) is 0 Å². The van der Waals surface area contributed by atoms with Crippen LogP contribution in [0.25, 0.3) is 0 Å². The molecule has 3 heteroatoms. The third-order valence-electron chi connectivity index (χ3n) is 3.26. The van der Waals surface area contributed by atoms with E-state index in [4.69, 9.17) is 16.3 Å².